The second kappa shape index (κ2) is 7.95. The van der Waals surface area contributed by atoms with Crippen molar-refractivity contribution in [1.82, 2.24) is 4.90 Å². The van der Waals surface area contributed by atoms with Crippen LogP contribution in [0.5, 0.6) is 0 Å². The number of carboxylic acids is 1. The first-order valence-corrected chi connectivity index (χ1v) is 6.79. The van der Waals surface area contributed by atoms with Crippen molar-refractivity contribution in [3.63, 3.8) is 0 Å². The lowest BCUT2D eigenvalue weighted by Gasteiger charge is -2.19. The Morgan fingerprint density at radius 1 is 1.33 bits per heavy atom. The molecule has 0 rings (SSSR count). The molecule has 0 fully saturated rings. The van der Waals surface area contributed by atoms with E-state index >= 15 is 0 Å². The van der Waals surface area contributed by atoms with Gasteiger partial charge in [0, 0.05) is 0 Å². The maximum atomic E-state index is 11.3. The second-order valence-electron chi connectivity index (χ2n) is 2.94. The monoisotopic (exact) mass is 299 g/mol. The smallest absolute Gasteiger partial charge is 0.411 e. The van der Waals surface area contributed by atoms with Gasteiger partial charge in [0.15, 0.2) is 6.61 Å². The SMILES string of the molecule is O=C(O)CN(CP(=O)(O)O)C(=O)OCC#CCCl. The fourth-order valence-electron chi connectivity index (χ4n) is 0.845. The van der Waals surface area contributed by atoms with Crippen LogP contribution in [0.25, 0.3) is 0 Å². The van der Waals surface area contributed by atoms with E-state index in [4.69, 9.17) is 26.5 Å². The molecule has 0 aromatic carbocycles. The number of hydrogen-bond acceptors (Lipinski definition) is 4. The highest BCUT2D eigenvalue weighted by Gasteiger charge is 2.26. The molecule has 3 N–H and O–H groups in total. The average molecular weight is 300 g/mol. The van der Waals surface area contributed by atoms with E-state index < -0.39 is 32.5 Å². The molecule has 0 bridgehead atoms. The second-order valence-corrected chi connectivity index (χ2v) is 4.82. The van der Waals surface area contributed by atoms with Crippen molar-refractivity contribution in [1.29, 1.82) is 0 Å². The Balaban J connectivity index is 4.50. The number of carbonyl (C=O) groups is 2. The largest absolute Gasteiger partial charge is 0.480 e. The Bertz CT molecular complexity index is 409. The third-order valence-corrected chi connectivity index (χ3v) is 2.24. The summed E-state index contributed by atoms with van der Waals surface area (Å²) in [5.74, 6) is 3.34. The third-order valence-electron chi connectivity index (χ3n) is 1.40. The molecule has 0 radical (unpaired) electrons. The highest BCUT2D eigenvalue weighted by molar-refractivity contribution is 7.51. The molecule has 0 aliphatic carbocycles. The summed E-state index contributed by atoms with van der Waals surface area (Å²) in [4.78, 5) is 39.5. The summed E-state index contributed by atoms with van der Waals surface area (Å²) < 4.78 is 15.2. The molecule has 18 heavy (non-hydrogen) atoms. The van der Waals surface area contributed by atoms with E-state index in [1.165, 1.54) is 0 Å². The first-order valence-electron chi connectivity index (χ1n) is 4.46. The van der Waals surface area contributed by atoms with Crippen molar-refractivity contribution < 1.29 is 33.8 Å². The fourth-order valence-corrected chi connectivity index (χ4v) is 1.60. The lowest BCUT2D eigenvalue weighted by molar-refractivity contribution is -0.137. The van der Waals surface area contributed by atoms with Gasteiger partial charge < -0.3 is 19.6 Å². The van der Waals surface area contributed by atoms with Crippen molar-refractivity contribution in [3.05, 3.63) is 0 Å². The van der Waals surface area contributed by atoms with Crippen molar-refractivity contribution in [2.24, 2.45) is 0 Å². The number of halogens is 1. The molecule has 0 aliphatic heterocycles. The van der Waals surface area contributed by atoms with Gasteiger partial charge in [0.2, 0.25) is 0 Å². The topological polar surface area (TPSA) is 124 Å². The number of hydrogen-bond donors (Lipinski definition) is 3. The zero-order valence-electron chi connectivity index (χ0n) is 9.08. The minimum atomic E-state index is -4.57. The summed E-state index contributed by atoms with van der Waals surface area (Å²) in [5.41, 5.74) is 0. The molecular weight excluding hydrogens is 289 g/mol. The number of carboxylic acid groups (broad SMARTS) is 1. The van der Waals surface area contributed by atoms with Crippen molar-refractivity contribution >= 4 is 31.3 Å². The molecule has 0 atom stereocenters. The summed E-state index contributed by atoms with van der Waals surface area (Å²) in [6, 6.07) is 0. The Labute approximate surface area is 108 Å². The van der Waals surface area contributed by atoms with Crippen LogP contribution in [-0.4, -0.2) is 57.2 Å². The summed E-state index contributed by atoms with van der Waals surface area (Å²) in [5, 5.41) is 8.49. The molecule has 0 saturated heterocycles. The number of rotatable bonds is 5. The zero-order chi connectivity index (χ0) is 14.2. The van der Waals surface area contributed by atoms with Crippen LogP contribution in [0.1, 0.15) is 0 Å². The van der Waals surface area contributed by atoms with Crippen LogP contribution in [0, 0.1) is 11.8 Å². The molecule has 0 spiro atoms. The van der Waals surface area contributed by atoms with E-state index in [-0.39, 0.29) is 12.5 Å². The number of nitrogens with zero attached hydrogens (tertiary/aromatic N) is 1. The molecule has 0 aliphatic rings. The summed E-state index contributed by atoms with van der Waals surface area (Å²) in [7, 11) is -4.57. The number of ether oxygens (including phenoxy) is 1. The Morgan fingerprint density at radius 2 is 1.94 bits per heavy atom. The number of carbonyl (C=O) groups excluding carboxylic acids is 1. The van der Waals surface area contributed by atoms with Crippen LogP contribution in [0.4, 0.5) is 4.79 Å². The first-order chi connectivity index (χ1) is 8.26. The van der Waals surface area contributed by atoms with E-state index in [0.717, 1.165) is 0 Å². The van der Waals surface area contributed by atoms with E-state index in [1.807, 2.05) is 0 Å². The van der Waals surface area contributed by atoms with Crippen LogP contribution in [0.15, 0.2) is 0 Å². The van der Waals surface area contributed by atoms with Crippen LogP contribution in [0.3, 0.4) is 0 Å². The maximum absolute atomic E-state index is 11.3. The molecule has 0 saturated carbocycles. The lowest BCUT2D eigenvalue weighted by atomic mass is 10.6. The molecule has 1 amide bonds. The number of amides is 1. The number of alkyl halides is 1. The van der Waals surface area contributed by atoms with E-state index in [0.29, 0.717) is 4.90 Å². The highest BCUT2D eigenvalue weighted by Crippen LogP contribution is 2.35. The predicted molar refractivity (Wildman–Crippen MR) is 61.1 cm³/mol. The van der Waals surface area contributed by atoms with Crippen LogP contribution in [-0.2, 0) is 14.1 Å². The van der Waals surface area contributed by atoms with Gasteiger partial charge >= 0.3 is 19.7 Å². The highest BCUT2D eigenvalue weighted by atomic mass is 35.5. The van der Waals surface area contributed by atoms with Gasteiger partial charge in [0.25, 0.3) is 0 Å². The van der Waals surface area contributed by atoms with Crippen molar-refractivity contribution in [2.45, 2.75) is 0 Å². The molecule has 8 nitrogen and oxygen atoms in total. The molecule has 102 valence electrons. The molecule has 0 aromatic heterocycles. The molecule has 0 unspecified atom stereocenters. The Kier molecular flexibility index (Phi) is 7.39. The van der Waals surface area contributed by atoms with Gasteiger partial charge in [-0.25, -0.2) is 4.79 Å². The van der Waals surface area contributed by atoms with E-state index in [1.54, 1.807) is 0 Å². The quantitative estimate of drug-likeness (QED) is 0.367. The van der Waals surface area contributed by atoms with Gasteiger partial charge in [-0.2, -0.15) is 0 Å². The standard InChI is InChI=1S/C8H11ClNO7P/c9-3-1-2-4-17-8(13)10(5-7(11)12)6-18(14,15)16/h3-6H2,(H,11,12)(H2,14,15,16). The number of aliphatic carboxylic acids is 1. The maximum Gasteiger partial charge on any atom is 0.411 e. The van der Waals surface area contributed by atoms with Crippen molar-refractivity contribution in [3.8, 4) is 11.8 Å². The van der Waals surface area contributed by atoms with Gasteiger partial charge in [0.05, 0.1) is 5.88 Å². The van der Waals surface area contributed by atoms with Gasteiger partial charge in [-0.1, -0.05) is 11.8 Å². The van der Waals surface area contributed by atoms with E-state index in [9.17, 15) is 14.2 Å². The molecule has 0 aromatic rings. The van der Waals surface area contributed by atoms with E-state index in [2.05, 4.69) is 16.6 Å². The summed E-state index contributed by atoms with van der Waals surface area (Å²) in [6.07, 6.45) is -2.22. The first kappa shape index (κ1) is 16.7. The van der Waals surface area contributed by atoms with Crippen LogP contribution in [0.2, 0.25) is 0 Å². The minimum Gasteiger partial charge on any atom is -0.480 e. The Hall–Kier alpha value is -1.26. The Morgan fingerprint density at radius 3 is 2.39 bits per heavy atom. The van der Waals surface area contributed by atoms with Gasteiger partial charge in [-0.05, 0) is 0 Å². The van der Waals surface area contributed by atoms with Gasteiger partial charge in [-0.15, -0.1) is 11.6 Å². The van der Waals surface area contributed by atoms with Crippen LogP contribution < -0.4 is 0 Å². The molecule has 0 heterocycles. The molecule has 10 heteroatoms. The summed E-state index contributed by atoms with van der Waals surface area (Å²) in [6.45, 7) is -1.23. The van der Waals surface area contributed by atoms with Crippen LogP contribution >= 0.6 is 19.2 Å². The third kappa shape index (κ3) is 8.84. The average Bonchev–Trinajstić information content (AvgIpc) is 2.20. The molecular formula is C8H11ClNO7P. The van der Waals surface area contributed by atoms with Gasteiger partial charge in [0.1, 0.15) is 12.8 Å². The normalized spacial score (nSPS) is 10.2. The minimum absolute atomic E-state index is 0.0405. The van der Waals surface area contributed by atoms with Gasteiger partial charge in [-0.3, -0.25) is 14.3 Å². The lowest BCUT2D eigenvalue weighted by Crippen LogP contribution is -2.36. The fraction of sp³-hybridized carbons (Fsp3) is 0.500. The zero-order valence-corrected chi connectivity index (χ0v) is 10.7. The predicted octanol–water partition coefficient (Wildman–Crippen LogP) is -0.113. The van der Waals surface area contributed by atoms with Crippen molar-refractivity contribution in [2.75, 3.05) is 25.3 Å². The summed E-state index contributed by atoms with van der Waals surface area (Å²) >= 11 is 5.23.